The highest BCUT2D eigenvalue weighted by Crippen LogP contribution is 2.12. The average molecular weight is 242 g/mol. The SMILES string of the molecule is COC(=O)CCOc1cccc(C#N)c1.Cl. The number of nitriles is 1. The van der Waals surface area contributed by atoms with E-state index in [0.29, 0.717) is 11.3 Å². The molecular formula is C11H12ClNO3. The Morgan fingerprint density at radius 3 is 2.88 bits per heavy atom. The number of hydrogen-bond donors (Lipinski definition) is 0. The highest BCUT2D eigenvalue weighted by atomic mass is 35.5. The second kappa shape index (κ2) is 7.55. The molecule has 0 fully saturated rings. The summed E-state index contributed by atoms with van der Waals surface area (Å²) in [5, 5.41) is 8.63. The third-order valence-electron chi connectivity index (χ3n) is 1.77. The van der Waals surface area contributed by atoms with Crippen LogP contribution in [0.4, 0.5) is 0 Å². The molecule has 0 heterocycles. The van der Waals surface area contributed by atoms with Crippen LogP contribution < -0.4 is 4.74 Å². The zero-order valence-electron chi connectivity index (χ0n) is 8.80. The van der Waals surface area contributed by atoms with E-state index in [1.54, 1.807) is 24.3 Å². The fraction of sp³-hybridized carbons (Fsp3) is 0.273. The summed E-state index contributed by atoms with van der Waals surface area (Å²) in [5.41, 5.74) is 0.533. The van der Waals surface area contributed by atoms with Crippen molar-refractivity contribution in [3.8, 4) is 11.8 Å². The van der Waals surface area contributed by atoms with Crippen molar-refractivity contribution in [2.45, 2.75) is 6.42 Å². The van der Waals surface area contributed by atoms with Gasteiger partial charge in [-0.3, -0.25) is 4.79 Å². The molecule has 0 radical (unpaired) electrons. The lowest BCUT2D eigenvalue weighted by Gasteiger charge is -2.04. The van der Waals surface area contributed by atoms with Crippen LogP contribution in [0.3, 0.4) is 0 Å². The minimum absolute atomic E-state index is 0. The summed E-state index contributed by atoms with van der Waals surface area (Å²) in [5.74, 6) is 0.268. The van der Waals surface area contributed by atoms with Gasteiger partial charge in [0.1, 0.15) is 5.75 Å². The monoisotopic (exact) mass is 241 g/mol. The number of esters is 1. The standard InChI is InChI=1S/C11H11NO3.ClH/c1-14-11(13)5-6-15-10-4-2-3-9(7-10)8-12;/h2-4,7H,5-6H2,1H3;1H. The maximum absolute atomic E-state index is 10.8. The summed E-state index contributed by atoms with van der Waals surface area (Å²) < 4.78 is 9.73. The van der Waals surface area contributed by atoms with E-state index in [0.717, 1.165) is 0 Å². The van der Waals surface area contributed by atoms with Gasteiger partial charge in [-0.15, -0.1) is 12.4 Å². The van der Waals surface area contributed by atoms with Crippen LogP contribution in [0, 0.1) is 11.3 Å². The van der Waals surface area contributed by atoms with Gasteiger partial charge < -0.3 is 9.47 Å². The predicted octanol–water partition coefficient (Wildman–Crippen LogP) is 1.92. The minimum atomic E-state index is -0.313. The Morgan fingerprint density at radius 2 is 2.25 bits per heavy atom. The first-order chi connectivity index (χ1) is 7.26. The van der Waals surface area contributed by atoms with E-state index in [1.165, 1.54) is 7.11 Å². The van der Waals surface area contributed by atoms with E-state index >= 15 is 0 Å². The van der Waals surface area contributed by atoms with E-state index in [4.69, 9.17) is 10.00 Å². The number of rotatable bonds is 4. The molecule has 5 heteroatoms. The number of carbonyl (C=O) groups excluding carboxylic acids is 1. The first-order valence-electron chi connectivity index (χ1n) is 4.46. The Labute approximate surface area is 100 Å². The summed E-state index contributed by atoms with van der Waals surface area (Å²) in [4.78, 5) is 10.8. The summed E-state index contributed by atoms with van der Waals surface area (Å²) in [7, 11) is 1.33. The topological polar surface area (TPSA) is 59.3 Å². The maximum atomic E-state index is 10.8. The molecule has 0 N–H and O–H groups in total. The lowest BCUT2D eigenvalue weighted by atomic mass is 10.2. The van der Waals surface area contributed by atoms with Crippen LogP contribution in [0.2, 0.25) is 0 Å². The van der Waals surface area contributed by atoms with Gasteiger partial charge in [-0.2, -0.15) is 5.26 Å². The third kappa shape index (κ3) is 4.67. The Morgan fingerprint density at radius 1 is 1.50 bits per heavy atom. The lowest BCUT2D eigenvalue weighted by molar-refractivity contribution is -0.141. The first kappa shape index (κ1) is 14.3. The van der Waals surface area contributed by atoms with E-state index in [9.17, 15) is 4.79 Å². The normalized spacial score (nSPS) is 8.50. The van der Waals surface area contributed by atoms with Crippen molar-refractivity contribution in [3.63, 3.8) is 0 Å². The second-order valence-corrected chi connectivity index (χ2v) is 2.81. The molecule has 0 saturated carbocycles. The molecule has 1 aromatic carbocycles. The zero-order chi connectivity index (χ0) is 11.1. The highest BCUT2D eigenvalue weighted by Gasteiger charge is 2.01. The Kier molecular flexibility index (Phi) is 6.73. The van der Waals surface area contributed by atoms with Crippen molar-refractivity contribution in [2.75, 3.05) is 13.7 Å². The number of hydrogen-bond acceptors (Lipinski definition) is 4. The van der Waals surface area contributed by atoms with Crippen molar-refractivity contribution >= 4 is 18.4 Å². The van der Waals surface area contributed by atoms with Gasteiger partial charge in [-0.05, 0) is 18.2 Å². The fourth-order valence-electron chi connectivity index (χ4n) is 1.01. The van der Waals surface area contributed by atoms with Gasteiger partial charge in [0.15, 0.2) is 0 Å². The molecule has 0 aliphatic carbocycles. The molecule has 1 rings (SSSR count). The molecule has 16 heavy (non-hydrogen) atoms. The van der Waals surface area contributed by atoms with Gasteiger partial charge in [0, 0.05) is 0 Å². The van der Waals surface area contributed by atoms with Crippen molar-refractivity contribution in [2.24, 2.45) is 0 Å². The van der Waals surface area contributed by atoms with Crippen molar-refractivity contribution in [3.05, 3.63) is 29.8 Å². The van der Waals surface area contributed by atoms with Gasteiger partial charge in [-0.25, -0.2) is 0 Å². The number of benzene rings is 1. The number of ether oxygens (including phenoxy) is 2. The van der Waals surface area contributed by atoms with Crippen LogP contribution in [0.15, 0.2) is 24.3 Å². The zero-order valence-corrected chi connectivity index (χ0v) is 9.62. The van der Waals surface area contributed by atoms with Crippen LogP contribution >= 0.6 is 12.4 Å². The van der Waals surface area contributed by atoms with Crippen LogP contribution in [-0.4, -0.2) is 19.7 Å². The largest absolute Gasteiger partial charge is 0.493 e. The molecule has 86 valence electrons. The predicted molar refractivity (Wildman–Crippen MR) is 60.5 cm³/mol. The Hall–Kier alpha value is -1.73. The van der Waals surface area contributed by atoms with Gasteiger partial charge in [0.25, 0.3) is 0 Å². The molecule has 0 aliphatic heterocycles. The number of carbonyl (C=O) groups is 1. The smallest absolute Gasteiger partial charge is 0.308 e. The van der Waals surface area contributed by atoms with Crippen LogP contribution in [-0.2, 0) is 9.53 Å². The maximum Gasteiger partial charge on any atom is 0.308 e. The number of nitrogens with zero attached hydrogens (tertiary/aromatic N) is 1. The molecule has 0 saturated heterocycles. The molecule has 0 aromatic heterocycles. The van der Waals surface area contributed by atoms with Crippen LogP contribution in [0.1, 0.15) is 12.0 Å². The fourth-order valence-corrected chi connectivity index (χ4v) is 1.01. The molecular weight excluding hydrogens is 230 g/mol. The van der Waals surface area contributed by atoms with Gasteiger partial charge >= 0.3 is 5.97 Å². The van der Waals surface area contributed by atoms with Gasteiger partial charge in [-0.1, -0.05) is 6.07 Å². The van der Waals surface area contributed by atoms with E-state index in [2.05, 4.69) is 4.74 Å². The number of methoxy groups -OCH3 is 1. The molecule has 4 nitrogen and oxygen atoms in total. The Bertz CT molecular complexity index is 387. The second-order valence-electron chi connectivity index (χ2n) is 2.81. The Balaban J connectivity index is 0.00000225. The minimum Gasteiger partial charge on any atom is -0.493 e. The molecule has 0 bridgehead atoms. The third-order valence-corrected chi connectivity index (χ3v) is 1.77. The molecule has 0 unspecified atom stereocenters. The number of halogens is 1. The molecule has 0 spiro atoms. The van der Waals surface area contributed by atoms with Gasteiger partial charge in [0.05, 0.1) is 31.8 Å². The summed E-state index contributed by atoms with van der Waals surface area (Å²) in [6, 6.07) is 8.78. The summed E-state index contributed by atoms with van der Waals surface area (Å²) in [6.07, 6.45) is 0.202. The lowest BCUT2D eigenvalue weighted by Crippen LogP contribution is -2.07. The average Bonchev–Trinajstić information content (AvgIpc) is 2.29. The van der Waals surface area contributed by atoms with Crippen LogP contribution in [0.25, 0.3) is 0 Å². The molecule has 0 aliphatic rings. The molecule has 1 aromatic rings. The highest BCUT2D eigenvalue weighted by molar-refractivity contribution is 5.85. The van der Waals surface area contributed by atoms with Crippen molar-refractivity contribution in [1.29, 1.82) is 5.26 Å². The summed E-state index contributed by atoms with van der Waals surface area (Å²) in [6.45, 7) is 0.252. The summed E-state index contributed by atoms with van der Waals surface area (Å²) >= 11 is 0. The first-order valence-corrected chi connectivity index (χ1v) is 4.46. The van der Waals surface area contributed by atoms with Gasteiger partial charge in [0.2, 0.25) is 0 Å². The quantitative estimate of drug-likeness (QED) is 0.756. The van der Waals surface area contributed by atoms with E-state index in [-0.39, 0.29) is 31.4 Å². The van der Waals surface area contributed by atoms with Crippen LogP contribution in [0.5, 0.6) is 5.75 Å². The molecule has 0 amide bonds. The van der Waals surface area contributed by atoms with E-state index < -0.39 is 0 Å². The van der Waals surface area contributed by atoms with Crippen molar-refractivity contribution in [1.82, 2.24) is 0 Å². The van der Waals surface area contributed by atoms with Crippen molar-refractivity contribution < 1.29 is 14.3 Å². The van der Waals surface area contributed by atoms with E-state index in [1.807, 2.05) is 6.07 Å². The molecule has 0 atom stereocenters.